The predicted molar refractivity (Wildman–Crippen MR) is 108 cm³/mol. The molecule has 0 heterocycles. The van der Waals surface area contributed by atoms with Crippen LogP contribution < -0.4 is 14.2 Å². The molecule has 0 bridgehead atoms. The first-order chi connectivity index (χ1) is 12.9. The van der Waals surface area contributed by atoms with Crippen LogP contribution in [0.3, 0.4) is 0 Å². The highest BCUT2D eigenvalue weighted by Crippen LogP contribution is 2.35. The van der Waals surface area contributed by atoms with E-state index in [1.165, 1.54) is 17.2 Å². The van der Waals surface area contributed by atoms with Crippen molar-refractivity contribution >= 4 is 12.0 Å². The summed E-state index contributed by atoms with van der Waals surface area (Å²) in [6, 6.07) is 9.77. The minimum atomic E-state index is -0.0909. The number of aryl methyl sites for hydroxylation is 2. The second-order valence-electron chi connectivity index (χ2n) is 6.41. The van der Waals surface area contributed by atoms with Gasteiger partial charge in [0.15, 0.2) is 11.5 Å². The molecule has 0 saturated carbocycles. The highest BCUT2D eigenvalue weighted by molar-refractivity contribution is 5.92. The smallest absolute Gasteiger partial charge is 0.246 e. The van der Waals surface area contributed by atoms with Gasteiger partial charge in [0, 0.05) is 31.3 Å². The molecule has 0 aromatic heterocycles. The van der Waals surface area contributed by atoms with Crippen LogP contribution in [0.5, 0.6) is 17.2 Å². The fourth-order valence-corrected chi connectivity index (χ4v) is 2.83. The van der Waals surface area contributed by atoms with E-state index in [0.717, 1.165) is 11.1 Å². The van der Waals surface area contributed by atoms with E-state index in [0.29, 0.717) is 23.8 Å². The van der Waals surface area contributed by atoms with Crippen LogP contribution in [0.25, 0.3) is 6.08 Å². The molecule has 0 atom stereocenters. The van der Waals surface area contributed by atoms with Gasteiger partial charge >= 0.3 is 0 Å². The SMILES string of the molecule is COc1cc(OC)c(OC)cc1/C=C/C(=O)N(C)Cc1ccc(C)cc1C. The van der Waals surface area contributed by atoms with Crippen molar-refractivity contribution in [2.75, 3.05) is 28.4 Å². The van der Waals surface area contributed by atoms with Gasteiger partial charge in [-0.2, -0.15) is 0 Å². The summed E-state index contributed by atoms with van der Waals surface area (Å²) in [6.45, 7) is 4.67. The minimum absolute atomic E-state index is 0.0909. The number of rotatable bonds is 7. The summed E-state index contributed by atoms with van der Waals surface area (Å²) in [5, 5.41) is 0. The van der Waals surface area contributed by atoms with E-state index in [1.54, 1.807) is 51.5 Å². The Labute approximate surface area is 161 Å². The van der Waals surface area contributed by atoms with Crippen LogP contribution in [0.15, 0.2) is 36.4 Å². The Balaban J connectivity index is 2.17. The molecule has 0 N–H and O–H groups in total. The summed E-state index contributed by atoms with van der Waals surface area (Å²) < 4.78 is 16.0. The second kappa shape index (κ2) is 9.12. The van der Waals surface area contributed by atoms with Crippen LogP contribution in [-0.4, -0.2) is 39.2 Å². The molecule has 2 aromatic rings. The zero-order valence-electron chi connectivity index (χ0n) is 16.8. The summed E-state index contributed by atoms with van der Waals surface area (Å²) in [7, 11) is 6.50. The first-order valence-corrected chi connectivity index (χ1v) is 8.69. The molecular weight excluding hydrogens is 342 g/mol. The Hall–Kier alpha value is -2.95. The Bertz CT molecular complexity index is 842. The highest BCUT2D eigenvalue weighted by Gasteiger charge is 2.12. The average molecular weight is 369 g/mol. The number of carbonyl (C=O) groups excluding carboxylic acids is 1. The molecule has 0 fully saturated rings. The number of nitrogens with zero attached hydrogens (tertiary/aromatic N) is 1. The third-order valence-corrected chi connectivity index (χ3v) is 4.42. The van der Waals surface area contributed by atoms with E-state index in [1.807, 2.05) is 0 Å². The number of amides is 1. The van der Waals surface area contributed by atoms with Crippen LogP contribution in [0.4, 0.5) is 0 Å². The van der Waals surface area contributed by atoms with Gasteiger partial charge in [0.1, 0.15) is 5.75 Å². The molecule has 0 aliphatic heterocycles. The molecule has 5 heteroatoms. The fraction of sp³-hybridized carbons (Fsp3) is 0.318. The zero-order valence-corrected chi connectivity index (χ0v) is 16.8. The van der Waals surface area contributed by atoms with Crippen LogP contribution in [0, 0.1) is 13.8 Å². The molecule has 0 aliphatic carbocycles. The molecule has 144 valence electrons. The quantitative estimate of drug-likeness (QED) is 0.692. The average Bonchev–Trinajstić information content (AvgIpc) is 2.67. The Morgan fingerprint density at radius 3 is 2.19 bits per heavy atom. The number of hydrogen-bond acceptors (Lipinski definition) is 4. The van der Waals surface area contributed by atoms with Gasteiger partial charge < -0.3 is 19.1 Å². The first-order valence-electron chi connectivity index (χ1n) is 8.69. The summed E-state index contributed by atoms with van der Waals surface area (Å²) in [5.74, 6) is 1.67. The van der Waals surface area contributed by atoms with Gasteiger partial charge in [0.25, 0.3) is 0 Å². The normalized spacial score (nSPS) is 10.7. The van der Waals surface area contributed by atoms with Gasteiger partial charge in [-0.1, -0.05) is 23.8 Å². The van der Waals surface area contributed by atoms with Crippen molar-refractivity contribution in [3.63, 3.8) is 0 Å². The monoisotopic (exact) mass is 369 g/mol. The molecule has 2 aromatic carbocycles. The third-order valence-electron chi connectivity index (χ3n) is 4.42. The third kappa shape index (κ3) is 5.03. The molecule has 0 aliphatic rings. The maximum Gasteiger partial charge on any atom is 0.246 e. The van der Waals surface area contributed by atoms with Gasteiger partial charge in [0.2, 0.25) is 5.91 Å². The Morgan fingerprint density at radius 1 is 0.963 bits per heavy atom. The van der Waals surface area contributed by atoms with Crippen molar-refractivity contribution in [2.24, 2.45) is 0 Å². The summed E-state index contributed by atoms with van der Waals surface area (Å²) >= 11 is 0. The Morgan fingerprint density at radius 2 is 1.59 bits per heavy atom. The van der Waals surface area contributed by atoms with Gasteiger partial charge in [-0.05, 0) is 37.1 Å². The summed E-state index contributed by atoms with van der Waals surface area (Å²) in [5.41, 5.74) is 4.27. The highest BCUT2D eigenvalue weighted by atomic mass is 16.5. The molecule has 27 heavy (non-hydrogen) atoms. The van der Waals surface area contributed by atoms with Crippen molar-refractivity contribution in [3.8, 4) is 17.2 Å². The van der Waals surface area contributed by atoms with Crippen molar-refractivity contribution < 1.29 is 19.0 Å². The van der Waals surface area contributed by atoms with Crippen molar-refractivity contribution in [2.45, 2.75) is 20.4 Å². The molecule has 0 radical (unpaired) electrons. The lowest BCUT2D eigenvalue weighted by Gasteiger charge is -2.17. The number of hydrogen-bond donors (Lipinski definition) is 0. The van der Waals surface area contributed by atoms with Gasteiger partial charge in [-0.15, -0.1) is 0 Å². The molecule has 0 unspecified atom stereocenters. The first kappa shape index (κ1) is 20.4. The number of methoxy groups -OCH3 is 3. The lowest BCUT2D eigenvalue weighted by Crippen LogP contribution is -2.24. The van der Waals surface area contributed by atoms with Crippen molar-refractivity contribution in [1.82, 2.24) is 4.90 Å². The van der Waals surface area contributed by atoms with Gasteiger partial charge in [0.05, 0.1) is 21.3 Å². The van der Waals surface area contributed by atoms with E-state index in [9.17, 15) is 4.79 Å². The molecule has 0 spiro atoms. The lowest BCUT2D eigenvalue weighted by molar-refractivity contribution is -0.125. The summed E-state index contributed by atoms with van der Waals surface area (Å²) in [4.78, 5) is 14.2. The molecule has 2 rings (SSSR count). The largest absolute Gasteiger partial charge is 0.496 e. The second-order valence-corrected chi connectivity index (χ2v) is 6.41. The standard InChI is InChI=1S/C22H27NO4/c1-15-7-8-18(16(2)11-15)14-23(3)22(24)10-9-17-12-20(26-5)21(27-6)13-19(17)25-4/h7-13H,14H2,1-6H3/b10-9+. The van der Waals surface area contributed by atoms with E-state index in [-0.39, 0.29) is 5.91 Å². The van der Waals surface area contributed by atoms with Gasteiger partial charge in [-0.25, -0.2) is 0 Å². The van der Waals surface area contributed by atoms with Crippen LogP contribution in [-0.2, 0) is 11.3 Å². The zero-order chi connectivity index (χ0) is 20.0. The van der Waals surface area contributed by atoms with Crippen molar-refractivity contribution in [1.29, 1.82) is 0 Å². The molecule has 1 amide bonds. The van der Waals surface area contributed by atoms with E-state index in [2.05, 4.69) is 32.0 Å². The van der Waals surface area contributed by atoms with Crippen LogP contribution >= 0.6 is 0 Å². The fourth-order valence-electron chi connectivity index (χ4n) is 2.83. The lowest BCUT2D eigenvalue weighted by atomic mass is 10.1. The number of carbonyl (C=O) groups is 1. The maximum atomic E-state index is 12.5. The number of likely N-dealkylation sites (N-methyl/N-ethyl adjacent to an activating group) is 1. The van der Waals surface area contributed by atoms with Crippen molar-refractivity contribution in [3.05, 3.63) is 58.7 Å². The molecule has 0 saturated heterocycles. The molecular formula is C22H27NO4. The van der Waals surface area contributed by atoms with Crippen LogP contribution in [0.2, 0.25) is 0 Å². The van der Waals surface area contributed by atoms with E-state index < -0.39 is 0 Å². The maximum absolute atomic E-state index is 12.5. The number of ether oxygens (including phenoxy) is 3. The van der Waals surface area contributed by atoms with E-state index >= 15 is 0 Å². The van der Waals surface area contributed by atoms with E-state index in [4.69, 9.17) is 14.2 Å². The number of benzene rings is 2. The minimum Gasteiger partial charge on any atom is -0.496 e. The topological polar surface area (TPSA) is 48.0 Å². The summed E-state index contributed by atoms with van der Waals surface area (Å²) in [6.07, 6.45) is 3.26. The van der Waals surface area contributed by atoms with Crippen LogP contribution in [0.1, 0.15) is 22.3 Å². The van der Waals surface area contributed by atoms with Gasteiger partial charge in [-0.3, -0.25) is 4.79 Å². The molecule has 5 nitrogen and oxygen atoms in total. The Kier molecular flexibility index (Phi) is 6.88. The predicted octanol–water partition coefficient (Wildman–Crippen LogP) is 4.00.